The number of hydrogen-bond acceptors (Lipinski definition) is 3. The highest BCUT2D eigenvalue weighted by Gasteiger charge is 2.12. The third kappa shape index (κ3) is 5.08. The zero-order valence-corrected chi connectivity index (χ0v) is 16.3. The van der Waals surface area contributed by atoms with E-state index < -0.39 is 0 Å². The van der Waals surface area contributed by atoms with E-state index in [0.717, 1.165) is 17.5 Å². The monoisotopic (exact) mass is 417 g/mol. The van der Waals surface area contributed by atoms with E-state index in [1.807, 2.05) is 30.3 Å². The number of phenols is 1. The molecule has 0 heterocycles. The lowest BCUT2D eigenvalue weighted by molar-refractivity contribution is 0.454. The second-order valence-corrected chi connectivity index (χ2v) is 7.20. The molecule has 0 unspecified atom stereocenters. The molecule has 0 amide bonds. The van der Waals surface area contributed by atoms with E-state index in [2.05, 4.69) is 0 Å². The van der Waals surface area contributed by atoms with Crippen LogP contribution in [0.4, 0.5) is 0 Å². The van der Waals surface area contributed by atoms with Crippen LogP contribution in [-0.4, -0.2) is 5.11 Å². The number of aromatic hydroxyl groups is 1. The topological polar surface area (TPSA) is 53.2 Å². The minimum Gasteiger partial charge on any atom is -0.506 e. The van der Waals surface area contributed by atoms with Crippen LogP contribution in [0.25, 0.3) is 0 Å². The lowest BCUT2D eigenvalue weighted by atomic mass is 10.0. The van der Waals surface area contributed by atoms with Crippen molar-refractivity contribution in [2.75, 3.05) is 0 Å². The molecule has 27 heavy (non-hydrogen) atoms. The van der Waals surface area contributed by atoms with Gasteiger partial charge < -0.3 is 9.84 Å². The minimum atomic E-state index is -0.0715. The summed E-state index contributed by atoms with van der Waals surface area (Å²) in [5.74, 6) is 0.592. The summed E-state index contributed by atoms with van der Waals surface area (Å²) < 4.78 is 5.78. The maximum atomic E-state index is 10.1. The Bertz CT molecular complexity index is 1030. The fraction of sp³-hybridized carbons (Fsp3) is 0.0952. The number of benzene rings is 3. The summed E-state index contributed by atoms with van der Waals surface area (Å²) in [6.45, 7) is 0. The van der Waals surface area contributed by atoms with Crippen LogP contribution < -0.4 is 4.74 Å². The van der Waals surface area contributed by atoms with Gasteiger partial charge in [-0.2, -0.15) is 5.26 Å². The molecule has 0 spiro atoms. The lowest BCUT2D eigenvalue weighted by Gasteiger charge is -2.12. The molecule has 0 saturated heterocycles. The van der Waals surface area contributed by atoms with Crippen LogP contribution in [0.5, 0.6) is 17.2 Å². The van der Waals surface area contributed by atoms with E-state index in [9.17, 15) is 5.11 Å². The predicted octanol–water partition coefficient (Wildman–Crippen LogP) is 6.80. The number of halogens is 3. The first kappa shape index (κ1) is 19.4. The van der Waals surface area contributed by atoms with Gasteiger partial charge in [0, 0.05) is 10.0 Å². The molecule has 0 aromatic heterocycles. The summed E-state index contributed by atoms with van der Waals surface area (Å²) >= 11 is 18.2. The summed E-state index contributed by atoms with van der Waals surface area (Å²) in [7, 11) is 0. The molecule has 0 aliphatic carbocycles. The molecule has 0 saturated carbocycles. The van der Waals surface area contributed by atoms with Gasteiger partial charge in [0.15, 0.2) is 0 Å². The van der Waals surface area contributed by atoms with Crippen molar-refractivity contribution in [1.29, 1.82) is 5.26 Å². The average Bonchev–Trinajstić information content (AvgIpc) is 2.63. The lowest BCUT2D eigenvalue weighted by Crippen LogP contribution is -1.94. The first-order valence-corrected chi connectivity index (χ1v) is 9.22. The molecule has 3 aromatic carbocycles. The zero-order valence-electron chi connectivity index (χ0n) is 14.0. The van der Waals surface area contributed by atoms with Gasteiger partial charge in [-0.3, -0.25) is 0 Å². The summed E-state index contributed by atoms with van der Waals surface area (Å²) in [5.41, 5.74) is 2.32. The largest absolute Gasteiger partial charge is 0.506 e. The first-order chi connectivity index (χ1) is 12.9. The third-order valence-corrected chi connectivity index (χ3v) is 4.73. The number of nitriles is 1. The van der Waals surface area contributed by atoms with E-state index in [0.29, 0.717) is 33.5 Å². The fourth-order valence-corrected chi connectivity index (χ4v) is 3.24. The number of rotatable bonds is 5. The van der Waals surface area contributed by atoms with Crippen molar-refractivity contribution in [3.63, 3.8) is 0 Å². The van der Waals surface area contributed by atoms with E-state index >= 15 is 0 Å². The van der Waals surface area contributed by atoms with Crippen molar-refractivity contribution < 1.29 is 9.84 Å². The van der Waals surface area contributed by atoms with Gasteiger partial charge in [-0.15, -0.1) is 0 Å². The van der Waals surface area contributed by atoms with Gasteiger partial charge in [0.1, 0.15) is 22.3 Å². The molecule has 0 bridgehead atoms. The van der Waals surface area contributed by atoms with Gasteiger partial charge in [0.05, 0.1) is 11.6 Å². The summed E-state index contributed by atoms with van der Waals surface area (Å²) in [5, 5.41) is 20.4. The van der Waals surface area contributed by atoms with Gasteiger partial charge in [-0.1, -0.05) is 46.9 Å². The van der Waals surface area contributed by atoms with E-state index in [1.165, 1.54) is 6.07 Å². The highest BCUT2D eigenvalue weighted by atomic mass is 35.5. The Labute approximate surface area is 172 Å². The Morgan fingerprint density at radius 2 is 1.67 bits per heavy atom. The zero-order chi connectivity index (χ0) is 19.4. The first-order valence-electron chi connectivity index (χ1n) is 8.09. The van der Waals surface area contributed by atoms with Crippen molar-refractivity contribution in [3.8, 4) is 23.3 Å². The molecule has 136 valence electrons. The van der Waals surface area contributed by atoms with Crippen LogP contribution in [-0.2, 0) is 12.8 Å². The molecule has 0 aliphatic heterocycles. The van der Waals surface area contributed by atoms with Crippen LogP contribution in [0, 0.1) is 11.3 Å². The normalized spacial score (nSPS) is 10.4. The summed E-state index contributed by atoms with van der Waals surface area (Å²) in [4.78, 5) is 0. The molecular weight excluding hydrogens is 405 g/mol. The Kier molecular flexibility index (Phi) is 6.13. The van der Waals surface area contributed by atoms with Gasteiger partial charge in [0.25, 0.3) is 0 Å². The third-order valence-electron chi connectivity index (χ3n) is 3.90. The molecule has 0 radical (unpaired) electrons. The van der Waals surface area contributed by atoms with Gasteiger partial charge >= 0.3 is 0 Å². The number of aryl methyl sites for hydroxylation is 2. The molecule has 0 fully saturated rings. The minimum absolute atomic E-state index is 0.0715. The highest BCUT2D eigenvalue weighted by molar-refractivity contribution is 6.33. The fourth-order valence-electron chi connectivity index (χ4n) is 2.65. The average molecular weight is 419 g/mol. The van der Waals surface area contributed by atoms with E-state index in [1.54, 1.807) is 24.3 Å². The number of ether oxygens (including phenoxy) is 1. The predicted molar refractivity (Wildman–Crippen MR) is 108 cm³/mol. The molecule has 3 rings (SSSR count). The Hall–Kier alpha value is -2.38. The van der Waals surface area contributed by atoms with Crippen molar-refractivity contribution in [3.05, 3.63) is 86.4 Å². The molecule has 6 heteroatoms. The number of nitrogens with zero attached hydrogens (tertiary/aromatic N) is 1. The second kappa shape index (κ2) is 8.54. The van der Waals surface area contributed by atoms with Crippen molar-refractivity contribution in [2.24, 2.45) is 0 Å². The van der Waals surface area contributed by atoms with Crippen LogP contribution in [0.2, 0.25) is 15.1 Å². The van der Waals surface area contributed by atoms with Crippen LogP contribution in [0.15, 0.2) is 54.6 Å². The maximum absolute atomic E-state index is 10.1. The molecular formula is C21H14Cl3NO2. The van der Waals surface area contributed by atoms with Gasteiger partial charge in [-0.05, 0) is 66.4 Å². The number of hydrogen-bond donors (Lipinski definition) is 1. The van der Waals surface area contributed by atoms with Crippen LogP contribution >= 0.6 is 34.8 Å². The highest BCUT2D eigenvalue weighted by Crippen LogP contribution is 2.38. The van der Waals surface area contributed by atoms with E-state index in [4.69, 9.17) is 44.8 Å². The quantitative estimate of drug-likeness (QED) is 0.495. The standard InChI is InChI=1S/C21H14Cl3NO2/c22-16-3-1-2-13(6-16)4-5-14-9-19(26)21(24)20(10-14)27-18-8-15(12-25)7-17(23)11-18/h1-3,6-11,26H,4-5H2. The molecule has 0 atom stereocenters. The SMILES string of the molecule is N#Cc1cc(Cl)cc(Oc2cc(CCc3cccc(Cl)c3)cc(O)c2Cl)c1. The second-order valence-electron chi connectivity index (χ2n) is 5.95. The summed E-state index contributed by atoms with van der Waals surface area (Å²) in [6.07, 6.45) is 1.41. The van der Waals surface area contributed by atoms with Crippen molar-refractivity contribution >= 4 is 34.8 Å². The van der Waals surface area contributed by atoms with Crippen molar-refractivity contribution in [1.82, 2.24) is 0 Å². The number of phenolic OH excluding ortho intramolecular Hbond substituents is 1. The van der Waals surface area contributed by atoms with Crippen molar-refractivity contribution in [2.45, 2.75) is 12.8 Å². The van der Waals surface area contributed by atoms with E-state index in [-0.39, 0.29) is 10.8 Å². The van der Waals surface area contributed by atoms with Gasteiger partial charge in [-0.25, -0.2) is 0 Å². The van der Waals surface area contributed by atoms with Crippen LogP contribution in [0.1, 0.15) is 16.7 Å². The molecule has 0 aliphatic rings. The molecule has 3 nitrogen and oxygen atoms in total. The van der Waals surface area contributed by atoms with Crippen LogP contribution in [0.3, 0.4) is 0 Å². The smallest absolute Gasteiger partial charge is 0.150 e. The Morgan fingerprint density at radius 3 is 2.41 bits per heavy atom. The molecule has 3 aromatic rings. The Balaban J connectivity index is 1.84. The summed E-state index contributed by atoms with van der Waals surface area (Å²) in [6, 6.07) is 17.7. The Morgan fingerprint density at radius 1 is 0.889 bits per heavy atom. The maximum Gasteiger partial charge on any atom is 0.150 e. The molecule has 1 N–H and O–H groups in total. The van der Waals surface area contributed by atoms with Gasteiger partial charge in [0.2, 0.25) is 0 Å².